The van der Waals surface area contributed by atoms with Gasteiger partial charge in [0.2, 0.25) is 0 Å². The molecule has 5 heteroatoms. The van der Waals surface area contributed by atoms with Crippen LogP contribution in [0, 0.1) is 5.82 Å². The van der Waals surface area contributed by atoms with E-state index in [-0.39, 0.29) is 23.7 Å². The molecule has 2 aromatic rings. The molecule has 0 bridgehead atoms. The Morgan fingerprint density at radius 1 is 1.16 bits per heavy atom. The number of rotatable bonds is 4. The fourth-order valence-electron chi connectivity index (χ4n) is 1.51. The Labute approximate surface area is 108 Å². The molecule has 0 aliphatic carbocycles. The van der Waals surface area contributed by atoms with Gasteiger partial charge in [-0.15, -0.1) is 0 Å². The first-order valence-corrected chi connectivity index (χ1v) is 5.50. The lowest BCUT2D eigenvalue weighted by Gasteiger charge is -2.08. The van der Waals surface area contributed by atoms with Crippen LogP contribution in [0.25, 0.3) is 0 Å². The van der Waals surface area contributed by atoms with Crippen LogP contribution < -0.4 is 4.74 Å². The summed E-state index contributed by atoms with van der Waals surface area (Å²) < 4.78 is 18.0. The molecule has 98 valence electrons. The molecule has 0 fully saturated rings. The number of benzene rings is 2. The number of carboxylic acid groups (broad SMARTS) is 1. The van der Waals surface area contributed by atoms with Crippen molar-refractivity contribution in [2.24, 2.45) is 0 Å². The molecule has 0 atom stereocenters. The maximum Gasteiger partial charge on any atom is 0.335 e. The third-order valence-corrected chi connectivity index (χ3v) is 2.54. The van der Waals surface area contributed by atoms with E-state index in [4.69, 9.17) is 9.84 Å². The van der Waals surface area contributed by atoms with E-state index in [1.165, 1.54) is 36.4 Å². The van der Waals surface area contributed by atoms with Crippen molar-refractivity contribution in [3.8, 4) is 11.5 Å². The normalized spacial score (nSPS) is 10.2. The molecular weight excluding hydrogens is 251 g/mol. The first-order valence-electron chi connectivity index (χ1n) is 5.50. The van der Waals surface area contributed by atoms with Gasteiger partial charge in [-0.2, -0.15) is 0 Å². The van der Waals surface area contributed by atoms with Gasteiger partial charge in [-0.1, -0.05) is 6.07 Å². The molecule has 2 N–H and O–H groups in total. The van der Waals surface area contributed by atoms with Gasteiger partial charge in [0.15, 0.2) is 0 Å². The number of carbonyl (C=O) groups is 1. The van der Waals surface area contributed by atoms with E-state index in [0.29, 0.717) is 11.3 Å². The van der Waals surface area contributed by atoms with Crippen molar-refractivity contribution in [1.82, 2.24) is 0 Å². The van der Waals surface area contributed by atoms with E-state index in [0.717, 1.165) is 6.07 Å². The second kappa shape index (κ2) is 5.39. The number of hydrogen-bond acceptors (Lipinski definition) is 3. The zero-order chi connectivity index (χ0) is 13.8. The van der Waals surface area contributed by atoms with Gasteiger partial charge in [-0.3, -0.25) is 0 Å². The van der Waals surface area contributed by atoms with Crippen molar-refractivity contribution >= 4 is 5.97 Å². The predicted octanol–water partition coefficient (Wildman–Crippen LogP) is 2.81. The summed E-state index contributed by atoms with van der Waals surface area (Å²) in [6, 6.07) is 9.49. The van der Waals surface area contributed by atoms with Crippen molar-refractivity contribution in [3.05, 3.63) is 59.4 Å². The first-order chi connectivity index (χ1) is 9.06. The monoisotopic (exact) mass is 262 g/mol. The Kier molecular flexibility index (Phi) is 3.66. The van der Waals surface area contributed by atoms with Crippen LogP contribution in [0.1, 0.15) is 15.9 Å². The largest absolute Gasteiger partial charge is 0.508 e. The van der Waals surface area contributed by atoms with E-state index in [1.54, 1.807) is 0 Å². The smallest absolute Gasteiger partial charge is 0.335 e. The van der Waals surface area contributed by atoms with E-state index >= 15 is 0 Å². The summed E-state index contributed by atoms with van der Waals surface area (Å²) in [6.07, 6.45) is 0. The van der Waals surface area contributed by atoms with Crippen molar-refractivity contribution in [1.29, 1.82) is 0 Å². The zero-order valence-corrected chi connectivity index (χ0v) is 9.84. The minimum atomic E-state index is -1.11. The summed E-state index contributed by atoms with van der Waals surface area (Å²) in [5, 5.41) is 18.4. The second-order valence-corrected chi connectivity index (χ2v) is 3.89. The van der Waals surface area contributed by atoms with Crippen molar-refractivity contribution < 1.29 is 24.1 Å². The molecule has 0 radical (unpaired) electrons. The highest BCUT2D eigenvalue weighted by Gasteiger charge is 2.08. The van der Waals surface area contributed by atoms with Crippen LogP contribution in [0.2, 0.25) is 0 Å². The molecule has 0 spiro atoms. The molecule has 0 saturated carbocycles. The van der Waals surface area contributed by atoms with Crippen molar-refractivity contribution in [2.45, 2.75) is 6.61 Å². The highest BCUT2D eigenvalue weighted by molar-refractivity contribution is 5.88. The Bertz CT molecular complexity index is 593. The third-order valence-electron chi connectivity index (χ3n) is 2.54. The van der Waals surface area contributed by atoms with Crippen LogP contribution in [0.4, 0.5) is 4.39 Å². The van der Waals surface area contributed by atoms with Crippen LogP contribution in [0.3, 0.4) is 0 Å². The van der Waals surface area contributed by atoms with Gasteiger partial charge in [0.05, 0.1) is 5.56 Å². The summed E-state index contributed by atoms with van der Waals surface area (Å²) in [6.45, 7) is 0.0668. The summed E-state index contributed by atoms with van der Waals surface area (Å²) in [5.41, 5.74) is 0.456. The highest BCUT2D eigenvalue weighted by Crippen LogP contribution is 2.21. The molecule has 0 amide bonds. The molecule has 0 aliphatic heterocycles. The van der Waals surface area contributed by atoms with E-state index in [2.05, 4.69) is 0 Å². The van der Waals surface area contributed by atoms with Gasteiger partial charge in [-0.25, -0.2) is 9.18 Å². The molecule has 0 saturated heterocycles. The lowest BCUT2D eigenvalue weighted by molar-refractivity contribution is 0.0696. The minimum absolute atomic E-state index is 0.00281. The van der Waals surface area contributed by atoms with Crippen LogP contribution >= 0.6 is 0 Å². The van der Waals surface area contributed by atoms with Gasteiger partial charge >= 0.3 is 5.97 Å². The maximum absolute atomic E-state index is 12.7. The molecule has 19 heavy (non-hydrogen) atoms. The number of halogens is 1. The van der Waals surface area contributed by atoms with Crippen LogP contribution in [0.15, 0.2) is 42.5 Å². The number of aromatic hydroxyl groups is 1. The molecule has 2 aromatic carbocycles. The van der Waals surface area contributed by atoms with Crippen molar-refractivity contribution in [3.63, 3.8) is 0 Å². The summed E-state index contributed by atoms with van der Waals surface area (Å²) >= 11 is 0. The Morgan fingerprint density at radius 3 is 2.42 bits per heavy atom. The highest BCUT2D eigenvalue weighted by atomic mass is 19.1. The zero-order valence-electron chi connectivity index (χ0n) is 9.84. The van der Waals surface area contributed by atoms with Crippen molar-refractivity contribution in [2.75, 3.05) is 0 Å². The molecule has 0 heterocycles. The average molecular weight is 262 g/mol. The Balaban J connectivity index is 2.07. The first kappa shape index (κ1) is 12.9. The number of ether oxygens (including phenoxy) is 1. The number of phenols is 1. The summed E-state index contributed by atoms with van der Waals surface area (Å²) in [7, 11) is 0. The molecule has 2 rings (SSSR count). The number of aromatic carboxylic acids is 1. The third kappa shape index (κ3) is 3.22. The molecule has 0 aromatic heterocycles. The van der Waals surface area contributed by atoms with Gasteiger partial charge in [-0.05, 0) is 36.4 Å². The van der Waals surface area contributed by atoms with Crippen LogP contribution in [0.5, 0.6) is 11.5 Å². The molecule has 4 nitrogen and oxygen atoms in total. The number of carboxylic acids is 1. The van der Waals surface area contributed by atoms with Crippen LogP contribution in [-0.4, -0.2) is 16.2 Å². The lowest BCUT2D eigenvalue weighted by Crippen LogP contribution is -1.99. The SMILES string of the molecule is O=C(O)c1ccc(COc2ccc(F)cc2)c(O)c1. The number of hydrogen-bond donors (Lipinski definition) is 2. The predicted molar refractivity (Wildman–Crippen MR) is 65.8 cm³/mol. The van der Waals surface area contributed by atoms with E-state index < -0.39 is 5.97 Å². The maximum atomic E-state index is 12.7. The second-order valence-electron chi connectivity index (χ2n) is 3.89. The molecule has 0 aliphatic rings. The minimum Gasteiger partial charge on any atom is -0.508 e. The molecule has 0 unspecified atom stereocenters. The van der Waals surface area contributed by atoms with Gasteiger partial charge in [0.1, 0.15) is 23.9 Å². The Morgan fingerprint density at radius 2 is 1.84 bits per heavy atom. The van der Waals surface area contributed by atoms with Gasteiger partial charge in [0.25, 0.3) is 0 Å². The quantitative estimate of drug-likeness (QED) is 0.889. The van der Waals surface area contributed by atoms with Gasteiger partial charge in [0, 0.05) is 5.56 Å². The fourth-order valence-corrected chi connectivity index (χ4v) is 1.51. The topological polar surface area (TPSA) is 66.8 Å². The summed E-state index contributed by atoms with van der Waals surface area (Å²) in [5.74, 6) is -1.16. The van der Waals surface area contributed by atoms with E-state index in [9.17, 15) is 14.3 Å². The lowest BCUT2D eigenvalue weighted by atomic mass is 10.1. The number of phenolic OH excluding ortho intramolecular Hbond substituents is 1. The average Bonchev–Trinajstić information content (AvgIpc) is 2.39. The molecular formula is C14H11FO4. The van der Waals surface area contributed by atoms with Crippen LogP contribution in [-0.2, 0) is 6.61 Å². The van der Waals surface area contributed by atoms with E-state index in [1.807, 2.05) is 0 Å². The Hall–Kier alpha value is -2.56. The standard InChI is InChI=1S/C14H11FO4/c15-11-3-5-12(6-4-11)19-8-10-2-1-9(14(17)18)7-13(10)16/h1-7,16H,8H2,(H,17,18). The fraction of sp³-hybridized carbons (Fsp3) is 0.0714. The van der Waals surface area contributed by atoms with Gasteiger partial charge < -0.3 is 14.9 Å². The summed E-state index contributed by atoms with van der Waals surface area (Å²) in [4.78, 5) is 10.7.